The zero-order valence-corrected chi connectivity index (χ0v) is 9.61. The van der Waals surface area contributed by atoms with Gasteiger partial charge in [-0.2, -0.15) is 0 Å². The lowest BCUT2D eigenvalue weighted by Crippen LogP contribution is -2.21. The Hall–Kier alpha value is -1.51. The van der Waals surface area contributed by atoms with Crippen LogP contribution in [0.15, 0.2) is 24.5 Å². The van der Waals surface area contributed by atoms with Crippen LogP contribution < -0.4 is 0 Å². The van der Waals surface area contributed by atoms with Crippen LogP contribution in [-0.4, -0.2) is 14.8 Å². The lowest BCUT2D eigenvalue weighted by Gasteiger charge is -2.25. The average Bonchev–Trinajstić information content (AvgIpc) is 2.34. The zero-order valence-electron chi connectivity index (χ0n) is 9.61. The Balaban J connectivity index is 0.00000108. The molecule has 16 heavy (non-hydrogen) atoms. The standard InChI is InChI=1S/C13H17N3.H2/c1-16-12(9-15-16)7-10-4-5-11-3-2-6-14-13(11)8-10;/h2-3,6,9-10,15H,4-5,7-8H2,1H3;1H/t10-;/m1./s1. The van der Waals surface area contributed by atoms with Gasteiger partial charge in [-0.25, -0.2) is 0 Å². The van der Waals surface area contributed by atoms with Crippen LogP contribution in [0, 0.1) is 5.92 Å². The molecule has 0 spiro atoms. The molecular formula is C13H19N3. The van der Waals surface area contributed by atoms with Crippen molar-refractivity contribution in [2.24, 2.45) is 13.0 Å². The molecule has 3 heteroatoms. The fraction of sp³-hybridized carbons (Fsp3) is 0.462. The molecule has 3 rings (SSSR count). The van der Waals surface area contributed by atoms with Crippen molar-refractivity contribution in [3.63, 3.8) is 0 Å². The fourth-order valence-corrected chi connectivity index (χ4v) is 2.57. The predicted octanol–water partition coefficient (Wildman–Crippen LogP) is 2.34. The Morgan fingerprint density at radius 3 is 3.31 bits per heavy atom. The number of pyridine rings is 1. The lowest BCUT2D eigenvalue weighted by atomic mass is 9.84. The van der Waals surface area contributed by atoms with Gasteiger partial charge >= 0.3 is 0 Å². The molecule has 0 saturated carbocycles. The number of aromatic nitrogens is 3. The predicted molar refractivity (Wildman–Crippen MR) is 65.3 cm³/mol. The summed E-state index contributed by atoms with van der Waals surface area (Å²) in [6.45, 7) is 0. The third-order valence-electron chi connectivity index (χ3n) is 3.64. The highest BCUT2D eigenvalue weighted by Crippen LogP contribution is 2.26. The van der Waals surface area contributed by atoms with Gasteiger partial charge in [0.25, 0.3) is 0 Å². The van der Waals surface area contributed by atoms with Gasteiger partial charge in [-0.15, -0.1) is 0 Å². The molecule has 1 N–H and O–H groups in total. The van der Waals surface area contributed by atoms with Gasteiger partial charge in [-0.1, -0.05) is 6.07 Å². The molecule has 1 atom stereocenters. The smallest absolute Gasteiger partial charge is 0.0520 e. The summed E-state index contributed by atoms with van der Waals surface area (Å²) < 4.78 is 2.11. The number of nitrogens with one attached hydrogen (secondary N) is 1. The second kappa shape index (κ2) is 3.81. The maximum Gasteiger partial charge on any atom is 0.0520 e. The number of H-pyrrole nitrogens is 1. The van der Waals surface area contributed by atoms with E-state index in [4.69, 9.17) is 0 Å². The highest BCUT2D eigenvalue weighted by atomic mass is 15.3. The van der Waals surface area contributed by atoms with Crippen LogP contribution in [0.4, 0.5) is 0 Å². The highest BCUT2D eigenvalue weighted by Gasteiger charge is 2.20. The molecule has 3 nitrogen and oxygen atoms in total. The SMILES string of the molecule is Cn1[nH]cc1C[C@H]1CCc2cccnc2C1.[HH]. The monoisotopic (exact) mass is 217 g/mol. The molecule has 0 radical (unpaired) electrons. The van der Waals surface area contributed by atoms with E-state index < -0.39 is 0 Å². The molecule has 2 heterocycles. The lowest BCUT2D eigenvalue weighted by molar-refractivity contribution is 0.424. The van der Waals surface area contributed by atoms with E-state index >= 15 is 0 Å². The number of hydrogen-bond acceptors (Lipinski definition) is 1. The van der Waals surface area contributed by atoms with Crippen LogP contribution in [0.5, 0.6) is 0 Å². The van der Waals surface area contributed by atoms with Gasteiger partial charge in [0.2, 0.25) is 0 Å². The first kappa shape index (κ1) is 9.70. The second-order valence-electron chi connectivity index (χ2n) is 4.75. The van der Waals surface area contributed by atoms with Crippen LogP contribution in [-0.2, 0) is 26.3 Å². The third kappa shape index (κ3) is 1.66. The first-order valence-electron chi connectivity index (χ1n) is 5.94. The molecule has 1 aliphatic carbocycles. The van der Waals surface area contributed by atoms with Gasteiger partial charge in [-0.3, -0.25) is 9.67 Å². The minimum absolute atomic E-state index is 0. The molecule has 0 bridgehead atoms. The van der Waals surface area contributed by atoms with Crippen molar-refractivity contribution in [1.82, 2.24) is 14.8 Å². The number of rotatable bonds is 2. The summed E-state index contributed by atoms with van der Waals surface area (Å²) in [6, 6.07) is 4.26. The Morgan fingerprint density at radius 1 is 1.62 bits per heavy atom. The third-order valence-corrected chi connectivity index (χ3v) is 3.64. The normalized spacial score (nSPS) is 19.7. The van der Waals surface area contributed by atoms with Crippen molar-refractivity contribution < 1.29 is 1.43 Å². The van der Waals surface area contributed by atoms with Gasteiger partial charge in [0, 0.05) is 26.6 Å². The molecule has 2 aromatic rings. The number of aryl methyl sites for hydroxylation is 2. The molecule has 0 aliphatic heterocycles. The van der Waals surface area contributed by atoms with E-state index in [-0.39, 0.29) is 1.43 Å². The van der Waals surface area contributed by atoms with Gasteiger partial charge in [0.1, 0.15) is 0 Å². The van der Waals surface area contributed by atoms with Crippen LogP contribution in [0.25, 0.3) is 0 Å². The molecule has 0 unspecified atom stereocenters. The molecule has 2 aromatic heterocycles. The number of hydrogen-bond donors (Lipinski definition) is 1. The van der Waals surface area contributed by atoms with E-state index in [0.717, 1.165) is 12.3 Å². The molecule has 0 amide bonds. The van der Waals surface area contributed by atoms with Gasteiger partial charge in [0.15, 0.2) is 0 Å². The topological polar surface area (TPSA) is 33.6 Å². The Labute approximate surface area is 97.0 Å². The Morgan fingerprint density at radius 2 is 2.56 bits per heavy atom. The van der Waals surface area contributed by atoms with E-state index in [9.17, 15) is 0 Å². The summed E-state index contributed by atoms with van der Waals surface area (Å²) in [7, 11) is 2.07. The summed E-state index contributed by atoms with van der Waals surface area (Å²) in [5.74, 6) is 0.762. The number of fused-ring (bicyclic) bond motifs is 1. The van der Waals surface area contributed by atoms with Crippen molar-refractivity contribution in [2.75, 3.05) is 0 Å². The van der Waals surface area contributed by atoms with E-state index in [0.29, 0.717) is 0 Å². The number of nitrogens with zero attached hydrogens (tertiary/aromatic N) is 2. The first-order chi connectivity index (χ1) is 7.83. The van der Waals surface area contributed by atoms with E-state index in [1.165, 1.54) is 36.2 Å². The van der Waals surface area contributed by atoms with E-state index in [1.54, 1.807) is 0 Å². The van der Waals surface area contributed by atoms with E-state index in [1.807, 2.05) is 12.3 Å². The summed E-state index contributed by atoms with van der Waals surface area (Å²) in [4.78, 5) is 4.49. The van der Waals surface area contributed by atoms with Gasteiger partial charge < -0.3 is 5.10 Å². The van der Waals surface area contributed by atoms with Crippen molar-refractivity contribution >= 4 is 0 Å². The van der Waals surface area contributed by atoms with Crippen molar-refractivity contribution in [2.45, 2.75) is 25.7 Å². The van der Waals surface area contributed by atoms with Crippen LogP contribution in [0.3, 0.4) is 0 Å². The molecule has 0 fully saturated rings. The fourth-order valence-electron chi connectivity index (χ4n) is 2.57. The summed E-state index contributed by atoms with van der Waals surface area (Å²) >= 11 is 0. The molecular weight excluding hydrogens is 198 g/mol. The largest absolute Gasteiger partial charge is 0.304 e. The van der Waals surface area contributed by atoms with Crippen LogP contribution in [0.2, 0.25) is 0 Å². The Kier molecular flexibility index (Phi) is 2.31. The summed E-state index contributed by atoms with van der Waals surface area (Å²) in [5.41, 5.74) is 4.19. The maximum atomic E-state index is 4.49. The Bertz CT molecular complexity index is 486. The second-order valence-corrected chi connectivity index (χ2v) is 4.75. The minimum Gasteiger partial charge on any atom is -0.304 e. The van der Waals surface area contributed by atoms with Gasteiger partial charge in [-0.05, 0) is 43.2 Å². The first-order valence-corrected chi connectivity index (χ1v) is 5.94. The summed E-state index contributed by atoms with van der Waals surface area (Å²) in [6.07, 6.45) is 8.83. The zero-order chi connectivity index (χ0) is 11.0. The van der Waals surface area contributed by atoms with Crippen molar-refractivity contribution in [3.05, 3.63) is 41.5 Å². The molecule has 0 aromatic carbocycles. The maximum absolute atomic E-state index is 4.49. The van der Waals surface area contributed by atoms with Crippen LogP contribution >= 0.6 is 0 Å². The van der Waals surface area contributed by atoms with Gasteiger partial charge in [0.05, 0.1) is 5.69 Å². The average molecular weight is 217 g/mol. The summed E-state index contributed by atoms with van der Waals surface area (Å²) in [5, 5.41) is 3.12. The van der Waals surface area contributed by atoms with Crippen LogP contribution in [0.1, 0.15) is 24.8 Å². The minimum atomic E-state index is 0. The van der Waals surface area contributed by atoms with E-state index in [2.05, 4.69) is 34.1 Å². The highest BCUT2D eigenvalue weighted by molar-refractivity contribution is 5.23. The van der Waals surface area contributed by atoms with Crippen molar-refractivity contribution in [1.29, 1.82) is 0 Å². The molecule has 1 aliphatic rings. The quantitative estimate of drug-likeness (QED) is 0.823. The molecule has 86 valence electrons. The molecule has 0 saturated heterocycles. The van der Waals surface area contributed by atoms with Crippen molar-refractivity contribution in [3.8, 4) is 0 Å². The number of aromatic amines is 1.